The van der Waals surface area contributed by atoms with Crippen molar-refractivity contribution in [3.63, 3.8) is 0 Å². The molecule has 0 spiro atoms. The van der Waals surface area contributed by atoms with E-state index in [1.54, 1.807) is 35.2 Å². The van der Waals surface area contributed by atoms with Crippen LogP contribution in [0.25, 0.3) is 11.1 Å². The highest BCUT2D eigenvalue weighted by Crippen LogP contribution is 2.20. The van der Waals surface area contributed by atoms with E-state index in [0.29, 0.717) is 29.2 Å². The van der Waals surface area contributed by atoms with E-state index in [1.165, 1.54) is 8.87 Å². The molecule has 1 aliphatic heterocycles. The van der Waals surface area contributed by atoms with Crippen molar-refractivity contribution < 1.29 is 17.6 Å². The van der Waals surface area contributed by atoms with Gasteiger partial charge in [0, 0.05) is 50.2 Å². The highest BCUT2D eigenvalue weighted by atomic mass is 35.5. The fraction of sp³-hybridized carbons (Fsp3) is 0.391. The Morgan fingerprint density at radius 3 is 2.42 bits per heavy atom. The van der Waals surface area contributed by atoms with E-state index in [2.05, 4.69) is 6.92 Å². The number of benzene rings is 2. The van der Waals surface area contributed by atoms with Crippen molar-refractivity contribution in [2.75, 3.05) is 26.2 Å². The molecule has 1 aliphatic rings. The second kappa shape index (κ2) is 9.70. The SMILES string of the molecule is CCCc1ccc(S(=O)(=O)N2CCN(C(=O)CCn3c(=O)oc4cc(Cl)ccc43)CC2)cc1. The number of halogens is 1. The van der Waals surface area contributed by atoms with Gasteiger partial charge in [0.25, 0.3) is 0 Å². The van der Waals surface area contributed by atoms with Crippen molar-refractivity contribution >= 4 is 38.6 Å². The minimum absolute atomic E-state index is 0.114. The number of aryl methyl sites for hydroxylation is 2. The molecule has 0 bridgehead atoms. The molecule has 1 fully saturated rings. The van der Waals surface area contributed by atoms with E-state index in [-0.39, 0.29) is 36.9 Å². The summed E-state index contributed by atoms with van der Waals surface area (Å²) in [6.45, 7) is 3.34. The summed E-state index contributed by atoms with van der Waals surface area (Å²) in [5.74, 6) is -0.674. The molecule has 2 heterocycles. The molecule has 0 saturated carbocycles. The number of fused-ring (bicyclic) bond motifs is 1. The van der Waals surface area contributed by atoms with Gasteiger partial charge < -0.3 is 9.32 Å². The number of carbonyl (C=O) groups is 1. The summed E-state index contributed by atoms with van der Waals surface area (Å²) in [7, 11) is -3.60. The van der Waals surface area contributed by atoms with Crippen LogP contribution >= 0.6 is 11.6 Å². The predicted molar refractivity (Wildman–Crippen MR) is 126 cm³/mol. The summed E-state index contributed by atoms with van der Waals surface area (Å²) in [5, 5.41) is 0.462. The number of aromatic nitrogens is 1. The molecule has 0 radical (unpaired) electrons. The maximum atomic E-state index is 13.0. The molecule has 0 aliphatic carbocycles. The standard InChI is InChI=1S/C23H26ClN3O5S/c1-2-3-17-4-7-19(8-5-17)33(30,31)26-14-12-25(13-15-26)22(28)10-11-27-20-9-6-18(24)16-21(20)32-23(27)29/h4-9,16H,2-3,10-15H2,1H3. The first kappa shape index (κ1) is 23.5. The molecule has 1 aromatic heterocycles. The lowest BCUT2D eigenvalue weighted by Gasteiger charge is -2.34. The van der Waals surface area contributed by atoms with Crippen LogP contribution < -0.4 is 5.76 Å². The fourth-order valence-electron chi connectivity index (χ4n) is 4.06. The maximum Gasteiger partial charge on any atom is 0.419 e. The van der Waals surface area contributed by atoms with Crippen molar-refractivity contribution in [1.82, 2.24) is 13.8 Å². The Hall–Kier alpha value is -2.62. The number of carbonyl (C=O) groups excluding carboxylic acids is 1. The number of hydrogen-bond donors (Lipinski definition) is 0. The van der Waals surface area contributed by atoms with Crippen LogP contribution in [0.2, 0.25) is 5.02 Å². The summed E-state index contributed by atoms with van der Waals surface area (Å²) < 4.78 is 34.0. The van der Waals surface area contributed by atoms with E-state index in [4.69, 9.17) is 16.0 Å². The van der Waals surface area contributed by atoms with Crippen LogP contribution in [0.1, 0.15) is 25.3 Å². The zero-order valence-electron chi connectivity index (χ0n) is 18.4. The van der Waals surface area contributed by atoms with Crippen molar-refractivity contribution in [2.45, 2.75) is 37.6 Å². The summed E-state index contributed by atoms with van der Waals surface area (Å²) in [6, 6.07) is 11.9. The fourth-order valence-corrected chi connectivity index (χ4v) is 5.65. The lowest BCUT2D eigenvalue weighted by Crippen LogP contribution is -2.50. The van der Waals surface area contributed by atoms with Crippen LogP contribution in [0.4, 0.5) is 0 Å². The lowest BCUT2D eigenvalue weighted by molar-refractivity contribution is -0.132. The van der Waals surface area contributed by atoms with Crippen LogP contribution in [0.15, 0.2) is 56.6 Å². The van der Waals surface area contributed by atoms with Gasteiger partial charge in [-0.05, 0) is 36.2 Å². The largest absolute Gasteiger partial charge is 0.419 e. The summed E-state index contributed by atoms with van der Waals surface area (Å²) in [4.78, 5) is 26.8. The number of hydrogen-bond acceptors (Lipinski definition) is 5. The van der Waals surface area contributed by atoms with Gasteiger partial charge in [-0.15, -0.1) is 0 Å². The molecule has 33 heavy (non-hydrogen) atoms. The Labute approximate surface area is 197 Å². The molecular formula is C23H26ClN3O5S. The second-order valence-corrected chi connectivity index (χ2v) is 10.4. The first-order valence-electron chi connectivity index (χ1n) is 11.0. The maximum absolute atomic E-state index is 13.0. The third-order valence-electron chi connectivity index (χ3n) is 5.87. The van der Waals surface area contributed by atoms with Gasteiger partial charge >= 0.3 is 5.76 Å². The Bertz CT molecular complexity index is 1310. The monoisotopic (exact) mass is 491 g/mol. The normalized spacial score (nSPS) is 15.3. The number of sulfonamides is 1. The predicted octanol–water partition coefficient (Wildman–Crippen LogP) is 3.12. The van der Waals surface area contributed by atoms with E-state index in [9.17, 15) is 18.0 Å². The van der Waals surface area contributed by atoms with E-state index >= 15 is 0 Å². The minimum Gasteiger partial charge on any atom is -0.408 e. The van der Waals surface area contributed by atoms with Gasteiger partial charge in [-0.1, -0.05) is 37.1 Å². The molecule has 3 aromatic rings. The zero-order valence-corrected chi connectivity index (χ0v) is 19.9. The molecule has 8 nitrogen and oxygen atoms in total. The van der Waals surface area contributed by atoms with E-state index in [0.717, 1.165) is 18.4 Å². The topological polar surface area (TPSA) is 92.8 Å². The van der Waals surface area contributed by atoms with Gasteiger partial charge in [-0.2, -0.15) is 4.31 Å². The molecule has 0 unspecified atom stereocenters. The summed E-state index contributed by atoms with van der Waals surface area (Å²) in [5.41, 5.74) is 2.07. The molecule has 0 N–H and O–H groups in total. The van der Waals surface area contributed by atoms with Gasteiger partial charge in [0.2, 0.25) is 15.9 Å². The van der Waals surface area contributed by atoms with E-state index in [1.807, 2.05) is 12.1 Å². The first-order valence-corrected chi connectivity index (χ1v) is 12.8. The summed E-state index contributed by atoms with van der Waals surface area (Å²) >= 11 is 5.93. The van der Waals surface area contributed by atoms with Crippen molar-refractivity contribution in [2.24, 2.45) is 0 Å². The Morgan fingerprint density at radius 2 is 1.76 bits per heavy atom. The van der Waals surface area contributed by atoms with E-state index < -0.39 is 15.8 Å². The minimum atomic E-state index is -3.60. The second-order valence-electron chi connectivity index (χ2n) is 8.06. The molecule has 2 aromatic carbocycles. The molecule has 176 valence electrons. The molecule has 4 rings (SSSR count). The van der Waals surface area contributed by atoms with Crippen molar-refractivity contribution in [3.05, 3.63) is 63.6 Å². The Morgan fingerprint density at radius 1 is 1.06 bits per heavy atom. The average molecular weight is 492 g/mol. The average Bonchev–Trinajstić information content (AvgIpc) is 3.12. The summed E-state index contributed by atoms with van der Waals surface area (Å²) in [6.07, 6.45) is 2.03. The van der Waals surface area contributed by atoms with Crippen LogP contribution in [0.3, 0.4) is 0 Å². The molecule has 1 amide bonds. The molecule has 1 saturated heterocycles. The van der Waals surface area contributed by atoms with Gasteiger partial charge in [0.1, 0.15) is 0 Å². The Kier molecular flexibility index (Phi) is 6.92. The van der Waals surface area contributed by atoms with Crippen LogP contribution in [0, 0.1) is 0 Å². The van der Waals surface area contributed by atoms with Crippen molar-refractivity contribution in [3.8, 4) is 0 Å². The van der Waals surface area contributed by atoms with Gasteiger partial charge in [0.05, 0.1) is 10.4 Å². The van der Waals surface area contributed by atoms with Crippen LogP contribution in [-0.2, 0) is 27.8 Å². The number of rotatable bonds is 7. The quantitative estimate of drug-likeness (QED) is 0.506. The number of nitrogens with zero attached hydrogens (tertiary/aromatic N) is 3. The van der Waals surface area contributed by atoms with Gasteiger partial charge in [-0.3, -0.25) is 9.36 Å². The highest BCUT2D eigenvalue weighted by molar-refractivity contribution is 7.89. The molecule has 0 atom stereocenters. The molecular weight excluding hydrogens is 466 g/mol. The molecule has 10 heteroatoms. The van der Waals surface area contributed by atoms with Crippen LogP contribution in [-0.4, -0.2) is 54.3 Å². The third-order valence-corrected chi connectivity index (χ3v) is 8.02. The van der Waals surface area contributed by atoms with Crippen LogP contribution in [0.5, 0.6) is 0 Å². The number of piperazine rings is 1. The lowest BCUT2D eigenvalue weighted by atomic mass is 10.1. The number of oxazole rings is 1. The smallest absolute Gasteiger partial charge is 0.408 e. The van der Waals surface area contributed by atoms with Gasteiger partial charge in [0.15, 0.2) is 5.58 Å². The highest BCUT2D eigenvalue weighted by Gasteiger charge is 2.30. The Balaban J connectivity index is 1.35. The zero-order chi connectivity index (χ0) is 23.6. The van der Waals surface area contributed by atoms with Gasteiger partial charge in [-0.25, -0.2) is 13.2 Å². The third kappa shape index (κ3) is 5.00. The number of amides is 1. The first-order chi connectivity index (χ1) is 15.8. The van der Waals surface area contributed by atoms with Crippen molar-refractivity contribution in [1.29, 1.82) is 0 Å².